The van der Waals surface area contributed by atoms with Crippen molar-refractivity contribution in [2.24, 2.45) is 0 Å². The molecule has 0 spiro atoms. The van der Waals surface area contributed by atoms with Gasteiger partial charge in [-0.15, -0.1) is 0 Å². The summed E-state index contributed by atoms with van der Waals surface area (Å²) in [5.41, 5.74) is 8.93. The fraction of sp³-hybridized carbons (Fsp3) is 0.0192. The molecule has 0 radical (unpaired) electrons. The molecule has 0 bridgehead atoms. The number of para-hydroxylation sites is 3. The van der Waals surface area contributed by atoms with Crippen LogP contribution < -0.4 is 0 Å². The van der Waals surface area contributed by atoms with Crippen molar-refractivity contribution in [3.63, 3.8) is 0 Å². The second-order valence-corrected chi connectivity index (χ2v) is 14.7. The molecule has 3 aromatic heterocycles. The van der Waals surface area contributed by atoms with Crippen molar-refractivity contribution in [2.45, 2.75) is 6.18 Å². The van der Waals surface area contributed by atoms with Crippen LogP contribution in [0.1, 0.15) is 5.56 Å². The smallest absolute Gasteiger partial charge is 0.309 e. The van der Waals surface area contributed by atoms with Crippen molar-refractivity contribution < 1.29 is 13.2 Å². The van der Waals surface area contributed by atoms with Gasteiger partial charge in [-0.2, -0.15) is 13.2 Å². The van der Waals surface area contributed by atoms with Gasteiger partial charge in [-0.1, -0.05) is 133 Å². The Morgan fingerprint density at radius 3 is 1.52 bits per heavy atom. The number of hydrogen-bond acceptors (Lipinski definition) is 3. The Balaban J connectivity index is 1.20. The van der Waals surface area contributed by atoms with Crippen LogP contribution in [-0.4, -0.2) is 24.1 Å². The third kappa shape index (κ3) is 5.83. The summed E-state index contributed by atoms with van der Waals surface area (Å²) in [6, 6.07) is 62.4. The summed E-state index contributed by atoms with van der Waals surface area (Å²) in [7, 11) is 0. The van der Waals surface area contributed by atoms with Crippen molar-refractivity contribution in [1.29, 1.82) is 0 Å². The summed E-state index contributed by atoms with van der Waals surface area (Å²) in [5.74, 6) is 1.47. The zero-order valence-corrected chi connectivity index (χ0v) is 31.8. The van der Waals surface area contributed by atoms with E-state index in [4.69, 9.17) is 15.0 Å². The lowest BCUT2D eigenvalue weighted by atomic mass is 9.98. The number of alkyl halides is 3. The van der Waals surface area contributed by atoms with Gasteiger partial charge in [0.1, 0.15) is 0 Å². The molecular formula is C52H32F3N5. The van der Waals surface area contributed by atoms with Gasteiger partial charge in [0.05, 0.1) is 33.3 Å². The Morgan fingerprint density at radius 1 is 0.383 bits per heavy atom. The van der Waals surface area contributed by atoms with E-state index in [1.165, 1.54) is 0 Å². The van der Waals surface area contributed by atoms with E-state index < -0.39 is 11.7 Å². The average molecular weight is 784 g/mol. The van der Waals surface area contributed by atoms with Crippen LogP contribution in [0.5, 0.6) is 0 Å². The molecule has 0 saturated carbocycles. The first-order chi connectivity index (χ1) is 29.4. The van der Waals surface area contributed by atoms with Crippen molar-refractivity contribution in [3.05, 3.63) is 200 Å². The van der Waals surface area contributed by atoms with E-state index in [-0.39, 0.29) is 0 Å². The number of halogens is 3. The predicted octanol–water partition coefficient (Wildman–Crippen LogP) is 13.8. The number of aromatic nitrogens is 5. The number of nitrogens with zero attached hydrogens (tertiary/aromatic N) is 5. The Bertz CT molecular complexity index is 3330. The van der Waals surface area contributed by atoms with Crippen LogP contribution in [0.3, 0.4) is 0 Å². The highest BCUT2D eigenvalue weighted by molar-refractivity contribution is 6.26. The van der Waals surface area contributed by atoms with Crippen LogP contribution in [0.4, 0.5) is 13.2 Å². The van der Waals surface area contributed by atoms with Crippen LogP contribution in [-0.2, 0) is 6.18 Å². The van der Waals surface area contributed by atoms with E-state index in [1.807, 2.05) is 91.0 Å². The molecule has 0 aliphatic heterocycles. The monoisotopic (exact) mass is 783 g/mol. The lowest BCUT2D eigenvalue weighted by Crippen LogP contribution is -2.04. The highest BCUT2D eigenvalue weighted by atomic mass is 19.4. The Labute approximate surface area is 342 Å². The molecule has 8 aromatic carbocycles. The van der Waals surface area contributed by atoms with Gasteiger partial charge in [-0.05, 0) is 66.2 Å². The third-order valence-electron chi connectivity index (χ3n) is 11.2. The van der Waals surface area contributed by atoms with Crippen LogP contribution in [0, 0.1) is 0 Å². The highest BCUT2D eigenvalue weighted by Crippen LogP contribution is 2.44. The topological polar surface area (TPSA) is 48.5 Å². The summed E-state index contributed by atoms with van der Waals surface area (Å²) in [6.07, 6.45) is -4.48. The molecule has 0 atom stereocenters. The molecule has 0 amide bonds. The molecule has 60 heavy (non-hydrogen) atoms. The zero-order valence-electron chi connectivity index (χ0n) is 31.8. The molecule has 8 heteroatoms. The molecule has 0 saturated heterocycles. The summed E-state index contributed by atoms with van der Waals surface area (Å²) in [5, 5.41) is 4.40. The first-order valence-electron chi connectivity index (χ1n) is 19.6. The van der Waals surface area contributed by atoms with E-state index in [1.54, 1.807) is 12.1 Å². The minimum Gasteiger partial charge on any atom is -0.309 e. The zero-order chi connectivity index (χ0) is 40.4. The van der Waals surface area contributed by atoms with Crippen LogP contribution >= 0.6 is 0 Å². The van der Waals surface area contributed by atoms with Gasteiger partial charge >= 0.3 is 6.18 Å². The number of hydrogen-bond donors (Lipinski definition) is 0. The predicted molar refractivity (Wildman–Crippen MR) is 235 cm³/mol. The molecule has 0 aliphatic carbocycles. The second kappa shape index (κ2) is 13.9. The average Bonchev–Trinajstić information content (AvgIpc) is 3.82. The van der Waals surface area contributed by atoms with E-state index in [0.717, 1.165) is 83.8 Å². The summed E-state index contributed by atoms with van der Waals surface area (Å²) < 4.78 is 46.4. The fourth-order valence-corrected chi connectivity index (χ4v) is 8.49. The molecule has 0 unspecified atom stereocenters. The highest BCUT2D eigenvalue weighted by Gasteiger charge is 2.30. The van der Waals surface area contributed by atoms with E-state index in [0.29, 0.717) is 28.6 Å². The van der Waals surface area contributed by atoms with E-state index in [9.17, 15) is 13.2 Å². The molecule has 11 aromatic rings. The van der Waals surface area contributed by atoms with E-state index in [2.05, 4.69) is 88.0 Å². The Hall–Kier alpha value is -7.84. The Morgan fingerprint density at radius 2 is 0.900 bits per heavy atom. The molecule has 11 rings (SSSR count). The molecular weight excluding hydrogens is 752 g/mol. The standard InChI is InChI=1S/C52H32F3N5/c53-52(54,55)37-27-24-33(25-28-37)42-32-36(51-57-49(34-14-4-1-5-15-34)56-50(58-51)35-16-6-2-7-17-35)26-30-45(42)60-44-23-13-11-21-41(44)47-46(60)31-29-40-39-20-10-12-22-43(39)59(48(40)47)38-18-8-3-9-19-38/h1-32H. The maximum atomic E-state index is 13.9. The van der Waals surface area contributed by atoms with Crippen LogP contribution in [0.25, 0.3) is 100 Å². The van der Waals surface area contributed by atoms with Crippen molar-refractivity contribution >= 4 is 43.6 Å². The van der Waals surface area contributed by atoms with Crippen molar-refractivity contribution in [2.75, 3.05) is 0 Å². The first kappa shape index (κ1) is 35.3. The summed E-state index contributed by atoms with van der Waals surface area (Å²) in [6.45, 7) is 0. The summed E-state index contributed by atoms with van der Waals surface area (Å²) >= 11 is 0. The van der Waals surface area contributed by atoms with Gasteiger partial charge in [0.15, 0.2) is 17.5 Å². The maximum Gasteiger partial charge on any atom is 0.416 e. The normalized spacial score (nSPS) is 11.9. The third-order valence-corrected chi connectivity index (χ3v) is 11.2. The Kier molecular flexibility index (Phi) is 8.20. The summed E-state index contributed by atoms with van der Waals surface area (Å²) in [4.78, 5) is 14.8. The molecule has 3 heterocycles. The van der Waals surface area contributed by atoms with Gasteiger partial charge < -0.3 is 9.13 Å². The van der Waals surface area contributed by atoms with E-state index >= 15 is 0 Å². The van der Waals surface area contributed by atoms with Crippen LogP contribution in [0.15, 0.2) is 194 Å². The van der Waals surface area contributed by atoms with Crippen molar-refractivity contribution in [1.82, 2.24) is 24.1 Å². The molecule has 0 N–H and O–H groups in total. The van der Waals surface area contributed by atoms with Crippen LogP contribution in [0.2, 0.25) is 0 Å². The largest absolute Gasteiger partial charge is 0.416 e. The molecule has 286 valence electrons. The van der Waals surface area contributed by atoms with Gasteiger partial charge in [0, 0.05) is 49.5 Å². The maximum absolute atomic E-state index is 13.9. The fourth-order valence-electron chi connectivity index (χ4n) is 8.49. The number of benzene rings is 8. The number of fused-ring (bicyclic) bond motifs is 7. The van der Waals surface area contributed by atoms with Gasteiger partial charge in [-0.25, -0.2) is 15.0 Å². The number of rotatable bonds is 6. The first-order valence-corrected chi connectivity index (χ1v) is 19.6. The molecule has 0 fully saturated rings. The minimum atomic E-state index is -4.48. The van der Waals surface area contributed by atoms with Gasteiger partial charge in [-0.3, -0.25) is 0 Å². The quantitative estimate of drug-likeness (QED) is 0.169. The second-order valence-electron chi connectivity index (χ2n) is 14.7. The molecule has 5 nitrogen and oxygen atoms in total. The lowest BCUT2D eigenvalue weighted by molar-refractivity contribution is -0.137. The lowest BCUT2D eigenvalue weighted by Gasteiger charge is -2.17. The SMILES string of the molecule is FC(F)(F)c1ccc(-c2cc(-c3nc(-c4ccccc4)nc(-c4ccccc4)n3)ccc2-n2c3ccccc3c3c2ccc2c4ccccc4n(-c4ccccc4)c23)cc1. The van der Waals surface area contributed by atoms with Crippen molar-refractivity contribution in [3.8, 4) is 56.7 Å². The van der Waals surface area contributed by atoms with Gasteiger partial charge in [0.25, 0.3) is 0 Å². The molecule has 0 aliphatic rings. The minimum absolute atomic E-state index is 0.443. The van der Waals surface area contributed by atoms with Gasteiger partial charge in [0.2, 0.25) is 0 Å².